The molecule has 3 rings (SSSR count). The lowest BCUT2D eigenvalue weighted by atomic mass is 10.6. The van der Waals surface area contributed by atoms with Crippen molar-refractivity contribution in [2.24, 2.45) is 0 Å². The van der Waals surface area contributed by atoms with Crippen LogP contribution >= 0.6 is 22.7 Å². The van der Waals surface area contributed by atoms with Crippen molar-refractivity contribution in [3.63, 3.8) is 0 Å². The van der Waals surface area contributed by atoms with Crippen LogP contribution in [-0.4, -0.2) is 9.13 Å². The SMILES string of the molecule is C#CCn1c(=O)c2sc3c(=O)n(CC#C)c(=O)c3sc2c1=O. The fraction of sp³-hybridized carbons (Fsp3) is 0.143. The third kappa shape index (κ3) is 1.75. The topological polar surface area (TPSA) is 78.1 Å². The van der Waals surface area contributed by atoms with E-state index in [-0.39, 0.29) is 31.9 Å². The van der Waals surface area contributed by atoms with Crippen molar-refractivity contribution in [3.8, 4) is 24.7 Å². The molecule has 0 N–H and O–H groups in total. The summed E-state index contributed by atoms with van der Waals surface area (Å²) in [4.78, 5) is 48.7. The maximum absolute atomic E-state index is 12.2. The molecule has 0 fully saturated rings. The summed E-state index contributed by atoms with van der Waals surface area (Å²) in [5, 5.41) is 0. The average molecular weight is 330 g/mol. The third-order valence-corrected chi connectivity index (χ3v) is 5.67. The minimum atomic E-state index is -0.544. The Morgan fingerprint density at radius 1 is 0.682 bits per heavy atom. The number of fused-ring (bicyclic) bond motifs is 2. The van der Waals surface area contributed by atoms with E-state index in [4.69, 9.17) is 12.8 Å². The minimum Gasteiger partial charge on any atom is -0.268 e. The summed E-state index contributed by atoms with van der Waals surface area (Å²) in [6.07, 6.45) is 10.3. The molecular formula is C14H6N2O4S2. The molecule has 8 heteroatoms. The maximum Gasteiger partial charge on any atom is 0.273 e. The summed E-state index contributed by atoms with van der Waals surface area (Å²) in [6, 6.07) is 0. The van der Waals surface area contributed by atoms with Gasteiger partial charge in [-0.1, -0.05) is 11.8 Å². The molecular weight excluding hydrogens is 324 g/mol. The summed E-state index contributed by atoms with van der Waals surface area (Å²) < 4.78 is 2.36. The van der Waals surface area contributed by atoms with Crippen molar-refractivity contribution in [1.82, 2.24) is 9.13 Å². The molecule has 0 unspecified atom stereocenters. The maximum atomic E-state index is 12.2. The van der Waals surface area contributed by atoms with Gasteiger partial charge in [0.25, 0.3) is 22.2 Å². The van der Waals surface area contributed by atoms with Gasteiger partial charge in [-0.2, -0.15) is 0 Å². The standard InChI is InChI=1S/C14H6N2O4S2/c1-3-5-15-11(17)7-8(12(15)18)22-10-9(21-7)13(19)16(6-4-2)14(10)20/h1-2H,5-6H2. The fourth-order valence-corrected chi connectivity index (χ4v) is 4.52. The molecule has 3 aromatic rings. The monoisotopic (exact) mass is 330 g/mol. The van der Waals surface area contributed by atoms with Crippen LogP contribution in [0.5, 0.6) is 0 Å². The molecule has 0 aliphatic rings. The van der Waals surface area contributed by atoms with Gasteiger partial charge in [-0.3, -0.25) is 28.3 Å². The zero-order valence-electron chi connectivity index (χ0n) is 10.9. The van der Waals surface area contributed by atoms with Crippen LogP contribution in [0.4, 0.5) is 0 Å². The van der Waals surface area contributed by atoms with Crippen LogP contribution < -0.4 is 22.2 Å². The number of hydrogen-bond donors (Lipinski definition) is 0. The number of nitrogens with zero attached hydrogens (tertiary/aromatic N) is 2. The molecule has 108 valence electrons. The molecule has 0 spiro atoms. The average Bonchev–Trinajstić information content (AvgIpc) is 2.88. The Kier molecular flexibility index (Phi) is 3.21. The van der Waals surface area contributed by atoms with Crippen molar-refractivity contribution in [1.29, 1.82) is 0 Å². The van der Waals surface area contributed by atoms with Gasteiger partial charge in [0.05, 0.1) is 13.1 Å². The van der Waals surface area contributed by atoms with Crippen LogP contribution in [-0.2, 0) is 13.1 Å². The summed E-state index contributed by atoms with van der Waals surface area (Å²) in [5.41, 5.74) is -2.18. The second-order valence-corrected chi connectivity index (χ2v) is 6.36. The second-order valence-electron chi connectivity index (χ2n) is 4.32. The van der Waals surface area contributed by atoms with E-state index in [0.29, 0.717) is 0 Å². The Bertz CT molecular complexity index is 1050. The van der Waals surface area contributed by atoms with E-state index in [2.05, 4.69) is 11.8 Å². The molecule has 0 radical (unpaired) electrons. The van der Waals surface area contributed by atoms with Crippen molar-refractivity contribution in [3.05, 3.63) is 41.4 Å². The largest absolute Gasteiger partial charge is 0.273 e. The molecule has 3 aromatic heterocycles. The summed E-state index contributed by atoms with van der Waals surface area (Å²) in [5.74, 6) is 4.47. The van der Waals surface area contributed by atoms with Gasteiger partial charge in [0.1, 0.15) is 18.8 Å². The van der Waals surface area contributed by atoms with E-state index in [1.807, 2.05) is 0 Å². The Morgan fingerprint density at radius 3 is 1.18 bits per heavy atom. The van der Waals surface area contributed by atoms with Gasteiger partial charge in [0.2, 0.25) is 0 Å². The Balaban J connectivity index is 2.54. The third-order valence-electron chi connectivity index (χ3n) is 3.08. The van der Waals surface area contributed by atoms with E-state index < -0.39 is 22.2 Å². The predicted molar refractivity (Wildman–Crippen MR) is 87.1 cm³/mol. The normalized spacial score (nSPS) is 10.8. The van der Waals surface area contributed by atoms with Gasteiger partial charge in [-0.15, -0.1) is 35.5 Å². The lowest BCUT2D eigenvalue weighted by molar-refractivity contribution is 0.792. The lowest BCUT2D eigenvalue weighted by Crippen LogP contribution is -2.25. The molecule has 3 heterocycles. The van der Waals surface area contributed by atoms with Crippen LogP contribution in [0.15, 0.2) is 19.2 Å². The van der Waals surface area contributed by atoms with Crippen molar-refractivity contribution in [2.45, 2.75) is 13.1 Å². The number of terminal acetylenes is 2. The summed E-state index contributed by atoms with van der Waals surface area (Å²) in [6.45, 7) is -0.302. The first-order chi connectivity index (χ1) is 10.5. The predicted octanol–water partition coefficient (Wildman–Crippen LogP) is -0.136. The van der Waals surface area contributed by atoms with E-state index in [0.717, 1.165) is 31.8 Å². The van der Waals surface area contributed by atoms with E-state index >= 15 is 0 Å². The molecule has 0 amide bonds. The van der Waals surface area contributed by atoms with Gasteiger partial charge in [0.15, 0.2) is 0 Å². The Hall–Kier alpha value is -2.68. The first-order valence-corrected chi connectivity index (χ1v) is 7.58. The smallest absolute Gasteiger partial charge is 0.268 e. The van der Waals surface area contributed by atoms with Gasteiger partial charge in [0, 0.05) is 0 Å². The van der Waals surface area contributed by atoms with Crippen molar-refractivity contribution in [2.75, 3.05) is 0 Å². The highest BCUT2D eigenvalue weighted by atomic mass is 32.1. The summed E-state index contributed by atoms with van der Waals surface area (Å²) in [7, 11) is 0. The van der Waals surface area contributed by atoms with E-state index in [1.54, 1.807) is 0 Å². The van der Waals surface area contributed by atoms with Crippen LogP contribution in [0, 0.1) is 24.7 Å². The Labute approximate surface area is 130 Å². The summed E-state index contributed by atoms with van der Waals surface area (Å²) >= 11 is 1.67. The van der Waals surface area contributed by atoms with Gasteiger partial charge in [-0.25, -0.2) is 0 Å². The lowest BCUT2D eigenvalue weighted by Gasteiger charge is -1.88. The molecule has 0 aliphatic carbocycles. The number of hydrogen-bond acceptors (Lipinski definition) is 6. The Morgan fingerprint density at radius 2 is 0.955 bits per heavy atom. The highest BCUT2D eigenvalue weighted by Crippen LogP contribution is 2.25. The highest BCUT2D eigenvalue weighted by molar-refractivity contribution is 7.36. The molecule has 0 atom stereocenters. The fourth-order valence-electron chi connectivity index (χ4n) is 2.10. The quantitative estimate of drug-likeness (QED) is 0.613. The second kappa shape index (κ2) is 4.95. The molecule has 22 heavy (non-hydrogen) atoms. The number of rotatable bonds is 2. The zero-order valence-corrected chi connectivity index (χ0v) is 12.5. The van der Waals surface area contributed by atoms with Crippen LogP contribution in [0.25, 0.3) is 18.8 Å². The van der Waals surface area contributed by atoms with Crippen LogP contribution in [0.3, 0.4) is 0 Å². The molecule has 0 saturated carbocycles. The molecule has 0 bridgehead atoms. The minimum absolute atomic E-state index is 0.132. The first-order valence-electron chi connectivity index (χ1n) is 5.94. The van der Waals surface area contributed by atoms with Gasteiger partial charge < -0.3 is 0 Å². The first kappa shape index (κ1) is 14.3. The molecule has 0 aliphatic heterocycles. The number of aromatic nitrogens is 2. The van der Waals surface area contributed by atoms with Crippen molar-refractivity contribution < 1.29 is 0 Å². The molecule has 0 aromatic carbocycles. The molecule has 6 nitrogen and oxygen atoms in total. The van der Waals surface area contributed by atoms with Gasteiger partial charge in [-0.05, 0) is 0 Å². The van der Waals surface area contributed by atoms with Crippen LogP contribution in [0.2, 0.25) is 0 Å². The van der Waals surface area contributed by atoms with E-state index in [9.17, 15) is 19.2 Å². The van der Waals surface area contributed by atoms with Crippen molar-refractivity contribution >= 4 is 41.5 Å². The van der Waals surface area contributed by atoms with Gasteiger partial charge >= 0.3 is 0 Å². The zero-order chi connectivity index (χ0) is 16.0. The molecule has 0 saturated heterocycles. The van der Waals surface area contributed by atoms with Crippen LogP contribution in [0.1, 0.15) is 0 Å². The van der Waals surface area contributed by atoms with E-state index in [1.165, 1.54) is 0 Å². The highest BCUT2D eigenvalue weighted by Gasteiger charge is 2.20.